The van der Waals surface area contributed by atoms with Crippen molar-refractivity contribution in [3.63, 3.8) is 0 Å². The lowest BCUT2D eigenvalue weighted by Gasteiger charge is -2.02. The van der Waals surface area contributed by atoms with Gasteiger partial charge in [0, 0.05) is 0 Å². The van der Waals surface area contributed by atoms with Crippen molar-refractivity contribution < 1.29 is 5.11 Å². The summed E-state index contributed by atoms with van der Waals surface area (Å²) in [6.45, 7) is 1.85. The molecule has 0 aromatic rings. The smallest absolute Gasteiger partial charge is 0.200 e. The molecule has 0 aliphatic carbocycles. The minimum Gasteiger partial charge on any atom is -0.498 e. The molecule has 0 radical (unpaired) electrons. The van der Waals surface area contributed by atoms with Gasteiger partial charge < -0.3 is 5.11 Å². The molecule has 0 spiro atoms. The molecule has 0 amide bonds. The van der Waals surface area contributed by atoms with Crippen molar-refractivity contribution in [2.75, 3.05) is 0 Å². The predicted molar refractivity (Wildman–Crippen MR) is 41.3 cm³/mol. The topological polar surface area (TPSA) is 20.2 Å². The molecule has 0 saturated carbocycles. The number of alkyl halides is 1. The summed E-state index contributed by atoms with van der Waals surface area (Å²) in [6, 6.07) is 0. The maximum Gasteiger partial charge on any atom is 0.200 e. The highest BCUT2D eigenvalue weighted by Gasteiger charge is 2.09. The van der Waals surface area contributed by atoms with Gasteiger partial charge in [0.05, 0.1) is 10.4 Å². The summed E-state index contributed by atoms with van der Waals surface area (Å²) in [5.41, 5.74) is 0. The minimum atomic E-state index is -0.418. The molecule has 1 nitrogen and oxygen atoms in total. The van der Waals surface area contributed by atoms with Crippen molar-refractivity contribution >= 4 is 34.8 Å². The summed E-state index contributed by atoms with van der Waals surface area (Å²) < 4.78 is 0. The zero-order valence-electron chi connectivity index (χ0n) is 4.87. The van der Waals surface area contributed by atoms with Crippen LogP contribution < -0.4 is 0 Å². The van der Waals surface area contributed by atoms with Crippen LogP contribution in [0.5, 0.6) is 0 Å². The maximum absolute atomic E-state index is 8.55. The summed E-state index contributed by atoms with van der Waals surface area (Å²) >= 11 is 16.1. The van der Waals surface area contributed by atoms with Crippen molar-refractivity contribution in [1.29, 1.82) is 0 Å². The van der Waals surface area contributed by atoms with Gasteiger partial charge in [0.15, 0.2) is 0 Å². The first-order valence-electron chi connectivity index (χ1n) is 2.47. The van der Waals surface area contributed by atoms with E-state index in [2.05, 4.69) is 0 Å². The Bertz CT molecular complexity index is 117. The van der Waals surface area contributed by atoms with Gasteiger partial charge in [-0.05, 0) is 18.0 Å². The number of hydrogen-bond acceptors (Lipinski definition) is 1. The fraction of sp³-hybridized carbons (Fsp3) is 0.600. The molecular formula is C5H7Cl3O. The van der Waals surface area contributed by atoms with Gasteiger partial charge in [0.2, 0.25) is 5.22 Å². The van der Waals surface area contributed by atoms with E-state index in [1.54, 1.807) is 0 Å². The molecule has 0 rings (SSSR count). The van der Waals surface area contributed by atoms with Crippen molar-refractivity contribution in [3.05, 3.63) is 10.3 Å². The quantitative estimate of drug-likeness (QED) is 0.522. The third-order valence-electron chi connectivity index (χ3n) is 0.831. The summed E-state index contributed by atoms with van der Waals surface area (Å²) in [6.07, 6.45) is 0.650. The van der Waals surface area contributed by atoms with E-state index < -0.39 is 5.22 Å². The molecular weight excluding hydrogens is 182 g/mol. The van der Waals surface area contributed by atoms with E-state index in [1.807, 2.05) is 6.92 Å². The molecule has 54 valence electrons. The number of aliphatic hydroxyl groups is 1. The van der Waals surface area contributed by atoms with Crippen LogP contribution in [0.15, 0.2) is 10.3 Å². The molecule has 0 aromatic carbocycles. The Balaban J connectivity index is 4.02. The van der Waals surface area contributed by atoms with Gasteiger partial charge >= 0.3 is 0 Å². The Labute approximate surface area is 69.2 Å². The van der Waals surface area contributed by atoms with E-state index in [4.69, 9.17) is 39.9 Å². The third-order valence-corrected chi connectivity index (χ3v) is 2.21. The van der Waals surface area contributed by atoms with Crippen molar-refractivity contribution in [2.24, 2.45) is 0 Å². The molecule has 9 heavy (non-hydrogen) atoms. The van der Waals surface area contributed by atoms with E-state index in [0.29, 0.717) is 6.42 Å². The number of halogens is 3. The fourth-order valence-corrected chi connectivity index (χ4v) is 0.754. The highest BCUT2D eigenvalue weighted by Crippen LogP contribution is 2.21. The Morgan fingerprint density at radius 2 is 2.00 bits per heavy atom. The first-order valence-corrected chi connectivity index (χ1v) is 3.67. The lowest BCUT2D eigenvalue weighted by Crippen LogP contribution is -1.96. The van der Waals surface area contributed by atoms with Crippen LogP contribution in [-0.4, -0.2) is 10.5 Å². The Morgan fingerprint density at radius 1 is 1.56 bits per heavy atom. The Hall–Kier alpha value is 0.410. The summed E-state index contributed by atoms with van der Waals surface area (Å²) in [4.78, 5) is 0. The van der Waals surface area contributed by atoms with Crippen LogP contribution in [0, 0.1) is 0 Å². The van der Waals surface area contributed by atoms with Gasteiger partial charge in [-0.15, -0.1) is 11.6 Å². The molecule has 0 bridgehead atoms. The van der Waals surface area contributed by atoms with Crippen molar-refractivity contribution in [3.8, 4) is 0 Å². The molecule has 0 aliphatic rings. The first kappa shape index (κ1) is 9.41. The molecule has 0 saturated heterocycles. The van der Waals surface area contributed by atoms with E-state index in [9.17, 15) is 0 Å². The lowest BCUT2D eigenvalue weighted by atomic mass is 10.3. The molecule has 0 fully saturated rings. The highest BCUT2D eigenvalue weighted by atomic mass is 35.5. The minimum absolute atomic E-state index is 0.112. The summed E-state index contributed by atoms with van der Waals surface area (Å²) in [5, 5.41) is 7.87. The van der Waals surface area contributed by atoms with Crippen LogP contribution in [-0.2, 0) is 0 Å². The molecule has 1 N–H and O–H groups in total. The number of allylic oxidation sites excluding steroid dienone is 1. The number of rotatable bonds is 2. The molecule has 1 unspecified atom stereocenters. The van der Waals surface area contributed by atoms with Crippen LogP contribution in [0.2, 0.25) is 0 Å². The lowest BCUT2D eigenvalue weighted by molar-refractivity contribution is 0.447. The van der Waals surface area contributed by atoms with Gasteiger partial charge in [-0.25, -0.2) is 0 Å². The van der Waals surface area contributed by atoms with E-state index in [-0.39, 0.29) is 10.4 Å². The molecule has 4 heteroatoms. The molecule has 0 aromatic heterocycles. The standard InChI is InChI=1S/C5H7Cl3O/c1-2-3(6)4(7)5(8)9/h3,9H,2H2,1H3/b5-4-. The second kappa shape index (κ2) is 4.26. The van der Waals surface area contributed by atoms with E-state index in [0.717, 1.165) is 0 Å². The van der Waals surface area contributed by atoms with Crippen LogP contribution in [0.1, 0.15) is 13.3 Å². The van der Waals surface area contributed by atoms with Crippen LogP contribution in [0.4, 0.5) is 0 Å². The van der Waals surface area contributed by atoms with Crippen LogP contribution in [0.3, 0.4) is 0 Å². The van der Waals surface area contributed by atoms with Crippen molar-refractivity contribution in [2.45, 2.75) is 18.7 Å². The fourth-order valence-electron chi connectivity index (χ4n) is 0.308. The van der Waals surface area contributed by atoms with E-state index in [1.165, 1.54) is 0 Å². The van der Waals surface area contributed by atoms with E-state index >= 15 is 0 Å². The second-order valence-corrected chi connectivity index (χ2v) is 2.81. The largest absolute Gasteiger partial charge is 0.498 e. The molecule has 1 atom stereocenters. The van der Waals surface area contributed by atoms with Gasteiger partial charge in [-0.1, -0.05) is 18.5 Å². The number of hydrogen-bond donors (Lipinski definition) is 1. The average molecular weight is 189 g/mol. The zero-order valence-corrected chi connectivity index (χ0v) is 7.13. The van der Waals surface area contributed by atoms with Crippen LogP contribution in [0.25, 0.3) is 0 Å². The third kappa shape index (κ3) is 3.19. The Morgan fingerprint density at radius 3 is 2.11 bits per heavy atom. The molecule has 0 aliphatic heterocycles. The normalized spacial score (nSPS) is 16.9. The second-order valence-electron chi connectivity index (χ2n) is 1.51. The average Bonchev–Trinajstić information content (AvgIpc) is 1.84. The van der Waals surface area contributed by atoms with Crippen LogP contribution >= 0.6 is 34.8 Å². The highest BCUT2D eigenvalue weighted by molar-refractivity contribution is 6.42. The SMILES string of the molecule is CCC(Cl)/C(Cl)=C(/O)Cl. The monoisotopic (exact) mass is 188 g/mol. The van der Waals surface area contributed by atoms with Gasteiger partial charge in [0.25, 0.3) is 0 Å². The Kier molecular flexibility index (Phi) is 4.46. The van der Waals surface area contributed by atoms with Gasteiger partial charge in [-0.3, -0.25) is 0 Å². The predicted octanol–water partition coefficient (Wildman–Crippen LogP) is 3.21. The number of aliphatic hydroxyl groups excluding tert-OH is 1. The molecule has 0 heterocycles. The summed E-state index contributed by atoms with van der Waals surface area (Å²) in [5.74, 6) is 0. The van der Waals surface area contributed by atoms with Gasteiger partial charge in [-0.2, -0.15) is 0 Å². The van der Waals surface area contributed by atoms with Crippen molar-refractivity contribution in [1.82, 2.24) is 0 Å². The first-order chi connectivity index (χ1) is 4.09. The maximum atomic E-state index is 8.55. The zero-order chi connectivity index (χ0) is 7.44. The van der Waals surface area contributed by atoms with Gasteiger partial charge in [0.1, 0.15) is 0 Å². The summed E-state index contributed by atoms with van der Waals surface area (Å²) in [7, 11) is 0.